The molecule has 178 valence electrons. The summed E-state index contributed by atoms with van der Waals surface area (Å²) >= 11 is 6.35. The van der Waals surface area contributed by atoms with E-state index >= 15 is 0 Å². The molecule has 0 atom stereocenters. The van der Waals surface area contributed by atoms with Crippen molar-refractivity contribution in [1.29, 1.82) is 0 Å². The Kier molecular flexibility index (Phi) is 7.26. The van der Waals surface area contributed by atoms with E-state index in [0.717, 1.165) is 5.56 Å². The van der Waals surface area contributed by atoms with E-state index in [0.29, 0.717) is 32.8 Å². The molecule has 0 unspecified atom stereocenters. The Morgan fingerprint density at radius 3 is 2.35 bits per heavy atom. The molecule has 2 aromatic carbocycles. The standard InChI is InChI=1S/C26H26ClFN2O4/c1-15-10-19(20(12-22(15)27)24(32)16-6-8-18(28)9-7-16)21-14-30(5)23(31)11-17(21)13-29-25(33)34-26(2,3)4/h6-12,14H,13H2,1-5H3,(H,29,33). The zero-order valence-electron chi connectivity index (χ0n) is 19.7. The molecule has 0 radical (unpaired) electrons. The van der Waals surface area contributed by atoms with Gasteiger partial charge in [-0.3, -0.25) is 9.59 Å². The van der Waals surface area contributed by atoms with Crippen LogP contribution >= 0.6 is 11.6 Å². The van der Waals surface area contributed by atoms with Gasteiger partial charge in [-0.1, -0.05) is 11.6 Å². The van der Waals surface area contributed by atoms with E-state index in [1.165, 1.54) is 34.9 Å². The summed E-state index contributed by atoms with van der Waals surface area (Å²) in [6.07, 6.45) is 0.979. The normalized spacial score (nSPS) is 11.3. The van der Waals surface area contributed by atoms with Crippen molar-refractivity contribution in [2.75, 3.05) is 0 Å². The summed E-state index contributed by atoms with van der Waals surface area (Å²) in [6, 6.07) is 9.96. The van der Waals surface area contributed by atoms with Crippen molar-refractivity contribution in [1.82, 2.24) is 9.88 Å². The number of hydrogen-bond acceptors (Lipinski definition) is 4. The van der Waals surface area contributed by atoms with Crippen molar-refractivity contribution < 1.29 is 18.7 Å². The lowest BCUT2D eigenvalue weighted by atomic mass is 9.91. The zero-order chi connectivity index (χ0) is 25.2. The molecule has 0 saturated carbocycles. The second-order valence-corrected chi connectivity index (χ2v) is 9.41. The van der Waals surface area contributed by atoms with Crippen LogP contribution < -0.4 is 10.9 Å². The van der Waals surface area contributed by atoms with Crippen LogP contribution in [-0.2, 0) is 18.3 Å². The maximum Gasteiger partial charge on any atom is 0.407 e. The Bertz CT molecular complexity index is 1310. The quantitative estimate of drug-likeness (QED) is 0.491. The highest BCUT2D eigenvalue weighted by Crippen LogP contribution is 2.32. The molecule has 0 spiro atoms. The molecule has 0 fully saturated rings. The molecule has 3 rings (SSSR count). The monoisotopic (exact) mass is 484 g/mol. The van der Waals surface area contributed by atoms with Gasteiger partial charge in [0.15, 0.2) is 5.78 Å². The molecule has 6 nitrogen and oxygen atoms in total. The summed E-state index contributed by atoms with van der Waals surface area (Å²) in [7, 11) is 1.60. The van der Waals surface area contributed by atoms with Gasteiger partial charge < -0.3 is 14.6 Å². The van der Waals surface area contributed by atoms with Crippen LogP contribution in [0.15, 0.2) is 53.5 Å². The van der Waals surface area contributed by atoms with Gasteiger partial charge in [-0.2, -0.15) is 0 Å². The SMILES string of the molecule is Cc1cc(-c2cn(C)c(=O)cc2CNC(=O)OC(C)(C)C)c(C(=O)c2ccc(F)cc2)cc1Cl. The number of amides is 1. The van der Waals surface area contributed by atoms with E-state index in [9.17, 15) is 18.8 Å². The number of nitrogens with zero attached hydrogens (tertiary/aromatic N) is 1. The van der Waals surface area contributed by atoms with Crippen molar-refractivity contribution >= 4 is 23.5 Å². The number of nitrogens with one attached hydrogen (secondary N) is 1. The number of rotatable bonds is 5. The summed E-state index contributed by atoms with van der Waals surface area (Å²) in [5.41, 5.74) is 1.97. The molecule has 0 saturated heterocycles. The van der Waals surface area contributed by atoms with Crippen LogP contribution in [0.4, 0.5) is 9.18 Å². The van der Waals surface area contributed by atoms with Gasteiger partial charge in [0, 0.05) is 47.6 Å². The van der Waals surface area contributed by atoms with Crippen LogP contribution in [0.3, 0.4) is 0 Å². The van der Waals surface area contributed by atoms with E-state index < -0.39 is 17.5 Å². The molecule has 8 heteroatoms. The highest BCUT2D eigenvalue weighted by Gasteiger charge is 2.21. The molecule has 1 amide bonds. The van der Waals surface area contributed by atoms with Crippen molar-refractivity contribution in [2.45, 2.75) is 39.8 Å². The summed E-state index contributed by atoms with van der Waals surface area (Å²) in [4.78, 5) is 37.9. The average molecular weight is 485 g/mol. The van der Waals surface area contributed by atoms with Crippen molar-refractivity contribution in [3.05, 3.63) is 92.1 Å². The molecule has 34 heavy (non-hydrogen) atoms. The van der Waals surface area contributed by atoms with Gasteiger partial charge in [0.25, 0.3) is 5.56 Å². The number of carbonyl (C=O) groups is 2. The topological polar surface area (TPSA) is 77.4 Å². The van der Waals surface area contributed by atoms with E-state index in [2.05, 4.69) is 5.32 Å². The number of benzene rings is 2. The minimum atomic E-state index is -0.679. The first-order valence-electron chi connectivity index (χ1n) is 10.6. The molecule has 1 N–H and O–H groups in total. The van der Waals surface area contributed by atoms with Gasteiger partial charge in [0.05, 0.1) is 0 Å². The number of ketones is 1. The predicted molar refractivity (Wildman–Crippen MR) is 130 cm³/mol. The Balaban J connectivity index is 2.11. The Labute approximate surface area is 202 Å². The predicted octanol–water partition coefficient (Wildman–Crippen LogP) is 5.41. The lowest BCUT2D eigenvalue weighted by molar-refractivity contribution is 0.0523. The Morgan fingerprint density at radius 2 is 1.74 bits per heavy atom. The average Bonchev–Trinajstić information content (AvgIpc) is 2.75. The molecular weight excluding hydrogens is 459 g/mol. The molecule has 0 aliphatic rings. The molecule has 1 heterocycles. The van der Waals surface area contributed by atoms with Crippen molar-refractivity contribution in [3.8, 4) is 11.1 Å². The van der Waals surface area contributed by atoms with Crippen LogP contribution in [0.2, 0.25) is 5.02 Å². The minimum Gasteiger partial charge on any atom is -0.444 e. The number of halogens is 2. The molecule has 0 aliphatic heterocycles. The lowest BCUT2D eigenvalue weighted by Crippen LogP contribution is -2.32. The maximum absolute atomic E-state index is 13.4. The molecule has 3 aromatic rings. The largest absolute Gasteiger partial charge is 0.444 e. The second kappa shape index (κ2) is 9.81. The molecule has 0 aliphatic carbocycles. The number of pyridine rings is 1. The van der Waals surface area contributed by atoms with Gasteiger partial charge >= 0.3 is 6.09 Å². The van der Waals surface area contributed by atoms with Gasteiger partial charge in [0.1, 0.15) is 11.4 Å². The van der Waals surface area contributed by atoms with Crippen molar-refractivity contribution in [2.24, 2.45) is 7.05 Å². The van der Waals surface area contributed by atoms with Gasteiger partial charge in [-0.25, -0.2) is 9.18 Å². The number of ether oxygens (including phenoxy) is 1. The first-order valence-corrected chi connectivity index (χ1v) is 11.0. The minimum absolute atomic E-state index is 0.00613. The van der Waals surface area contributed by atoms with Gasteiger partial charge in [-0.15, -0.1) is 0 Å². The third kappa shape index (κ3) is 5.91. The van der Waals surface area contributed by atoms with Crippen LogP contribution in [0.1, 0.15) is 47.8 Å². The number of alkyl carbamates (subject to hydrolysis) is 1. The Morgan fingerprint density at radius 1 is 1.09 bits per heavy atom. The fraction of sp³-hybridized carbons (Fsp3) is 0.269. The van der Waals surface area contributed by atoms with Gasteiger partial charge in [0.2, 0.25) is 0 Å². The maximum atomic E-state index is 13.4. The molecular formula is C26H26ClFN2O4. The molecule has 0 bridgehead atoms. The summed E-state index contributed by atoms with van der Waals surface area (Å²) in [6.45, 7) is 7.06. The van der Waals surface area contributed by atoms with E-state index in [-0.39, 0.29) is 17.9 Å². The molecule has 1 aromatic heterocycles. The first kappa shape index (κ1) is 25.2. The Hall–Kier alpha value is -3.45. The van der Waals surface area contributed by atoms with Crippen LogP contribution in [0, 0.1) is 12.7 Å². The number of aromatic nitrogens is 1. The van der Waals surface area contributed by atoms with E-state index in [1.54, 1.807) is 53.1 Å². The van der Waals surface area contributed by atoms with E-state index in [1.807, 2.05) is 0 Å². The smallest absolute Gasteiger partial charge is 0.407 e. The third-order valence-corrected chi connectivity index (χ3v) is 5.48. The zero-order valence-corrected chi connectivity index (χ0v) is 20.4. The van der Waals surface area contributed by atoms with Gasteiger partial charge in [-0.05, 0) is 80.8 Å². The first-order chi connectivity index (χ1) is 15.9. The number of hydrogen-bond donors (Lipinski definition) is 1. The third-order valence-electron chi connectivity index (χ3n) is 5.08. The fourth-order valence-electron chi connectivity index (χ4n) is 3.39. The lowest BCUT2D eigenvalue weighted by Gasteiger charge is -2.20. The number of aryl methyl sites for hydroxylation is 2. The van der Waals surface area contributed by atoms with Crippen LogP contribution in [-0.4, -0.2) is 22.0 Å². The van der Waals surface area contributed by atoms with Crippen molar-refractivity contribution in [3.63, 3.8) is 0 Å². The summed E-state index contributed by atoms with van der Waals surface area (Å²) in [5.74, 6) is -0.802. The summed E-state index contributed by atoms with van der Waals surface area (Å²) in [5, 5.41) is 3.06. The highest BCUT2D eigenvalue weighted by molar-refractivity contribution is 6.32. The highest BCUT2D eigenvalue weighted by atomic mass is 35.5. The van der Waals surface area contributed by atoms with Crippen LogP contribution in [0.5, 0.6) is 0 Å². The van der Waals surface area contributed by atoms with E-state index in [4.69, 9.17) is 16.3 Å². The van der Waals surface area contributed by atoms with Crippen LogP contribution in [0.25, 0.3) is 11.1 Å². The fourth-order valence-corrected chi connectivity index (χ4v) is 3.55. The second-order valence-electron chi connectivity index (χ2n) is 9.00. The summed E-state index contributed by atoms with van der Waals surface area (Å²) < 4.78 is 20.1. The number of carbonyl (C=O) groups excluding carboxylic acids is 2.